The number of carboxylic acids is 2. The van der Waals surface area contributed by atoms with E-state index in [0.29, 0.717) is 41.5 Å². The quantitative estimate of drug-likeness (QED) is 0.0122. The highest BCUT2D eigenvalue weighted by molar-refractivity contribution is 7.94. The molecule has 4 aromatic rings. The number of alkyl halides is 3. The molecule has 1 aromatic heterocycles. The summed E-state index contributed by atoms with van der Waals surface area (Å²) in [7, 11) is -5.51. The number of esters is 1. The third-order valence-electron chi connectivity index (χ3n) is 10.4. The number of unbranched alkanes of at least 4 members (excludes halogenated alkanes) is 2. The molecule has 84 heavy (non-hydrogen) atoms. The highest BCUT2D eigenvalue weighted by Crippen LogP contribution is 2.40. The van der Waals surface area contributed by atoms with Crippen LogP contribution in [0.3, 0.4) is 0 Å². The van der Waals surface area contributed by atoms with Crippen LogP contribution in [0.4, 0.5) is 34.0 Å². The SMILES string of the molecule is CCCCCOC(=O)COc1cc(N2C(=O)C3=C(CCCC3)C2=O)c(F)cc1Cl.COc1c(Cl)ccc(Cl)c1C(=O)O.COc1nc(C)nc(NC(=O)NS(=O)(=O)c2ccccc2CCC(F)(F)F)n1.C[S+](C)C.O=C(O)CNCP(=O)([O-])O. The molecule has 0 saturated heterocycles. The van der Waals surface area contributed by atoms with Crippen molar-refractivity contribution in [1.29, 1.82) is 0 Å². The lowest BCUT2D eigenvalue weighted by molar-refractivity contribution is -0.193. The van der Waals surface area contributed by atoms with E-state index in [1.807, 2.05) is 12.2 Å². The first-order valence-electron chi connectivity index (χ1n) is 24.5. The number of hydrogen-bond acceptors (Lipinski definition) is 18. The molecule has 2 heterocycles. The van der Waals surface area contributed by atoms with Crippen LogP contribution in [0.5, 0.6) is 17.5 Å². The number of ether oxygens (including phenoxy) is 4. The number of aryl methyl sites for hydroxylation is 2. The second-order valence-electron chi connectivity index (χ2n) is 17.6. The van der Waals surface area contributed by atoms with E-state index in [2.05, 4.69) is 39.0 Å². The largest absolute Gasteiger partial charge is 0.778 e. The van der Waals surface area contributed by atoms with E-state index >= 15 is 0 Å². The standard InChI is InChI=1S/C21H23ClFNO5.C15H16F3N5O4S.C8H6Cl2O3.C3H8NO5P.C3H9S/c1-2-3-6-9-28-19(25)12-29-18-11-17(16(23)10-15(18)22)24-20(26)13-7-4-5-8-14(13)21(24)27;1-9-19-12(22-14(20-9)27-2)21-13(24)23-28(25,26)11-6-4-3-5-10(11)7-8-15(16,17)18;1-13-7-5(10)3-2-4(9)6(7)8(11)12;5-3(6)1-4-2-10(7,8)9;1-4(2)3/h10-11H,2-9,12H2,1H3;3-6H,7-8H2,1-2H3,(H2,19,20,21,22,23,24);2-3H,1H3,(H,11,12);4H,1-2H2,(H,5,6)(H2,7,8,9);1-3H3/q;;;;+1/p-1. The number of sulfonamides is 1. The van der Waals surface area contributed by atoms with E-state index in [-0.39, 0.29) is 61.2 Å². The molecule has 3 aromatic carbocycles. The molecule has 0 bridgehead atoms. The van der Waals surface area contributed by atoms with E-state index in [9.17, 15) is 64.2 Å². The molecule has 0 saturated carbocycles. The van der Waals surface area contributed by atoms with E-state index < -0.39 is 103 Å². The van der Waals surface area contributed by atoms with E-state index in [0.717, 1.165) is 49.1 Å². The van der Waals surface area contributed by atoms with Crippen LogP contribution in [0.1, 0.15) is 80.0 Å². The number of anilines is 2. The molecule has 6 N–H and O–H groups in total. The molecule has 2 aliphatic rings. The van der Waals surface area contributed by atoms with Crippen molar-refractivity contribution < 1.29 is 98.3 Å². The Labute approximate surface area is 498 Å². The van der Waals surface area contributed by atoms with Crippen molar-refractivity contribution in [2.75, 3.05) is 69.2 Å². The fourth-order valence-electron chi connectivity index (χ4n) is 6.87. The fraction of sp³-hybridized carbons (Fsp3) is 0.420. The summed E-state index contributed by atoms with van der Waals surface area (Å²) >= 11 is 17.4. The second-order valence-corrected chi connectivity index (χ2v) is 24.5. The summed E-state index contributed by atoms with van der Waals surface area (Å²) in [5.41, 5.74) is 0.488. The Hall–Kier alpha value is -6.37. The topological polar surface area (TPSA) is 352 Å². The number of carbonyl (C=O) groups is 6. The van der Waals surface area contributed by atoms with Gasteiger partial charge < -0.3 is 43.5 Å². The van der Waals surface area contributed by atoms with Gasteiger partial charge in [-0.05, 0) is 86.2 Å². The zero-order chi connectivity index (χ0) is 63.7. The summed E-state index contributed by atoms with van der Waals surface area (Å²) < 4.78 is 109. The molecule has 1 aliphatic carbocycles. The van der Waals surface area contributed by atoms with Gasteiger partial charge >= 0.3 is 36.1 Å². The Morgan fingerprint density at radius 3 is 2.01 bits per heavy atom. The maximum absolute atomic E-state index is 14.5. The highest BCUT2D eigenvalue weighted by atomic mass is 35.5. The number of nitrogens with one attached hydrogen (secondary N) is 3. The molecule has 1 aliphatic heterocycles. The number of carboxylic acid groups (broad SMARTS) is 2. The normalized spacial score (nSPS) is 13.4. The number of aromatic nitrogens is 3. The van der Waals surface area contributed by atoms with Crippen molar-refractivity contribution in [3.8, 4) is 17.5 Å². The number of carbonyl (C=O) groups excluding carboxylic acids is 4. The van der Waals surface area contributed by atoms with Crippen LogP contribution in [0.15, 0.2) is 64.6 Å². The van der Waals surface area contributed by atoms with Gasteiger partial charge in [-0.15, -0.1) is 0 Å². The van der Waals surface area contributed by atoms with E-state index in [4.69, 9.17) is 68.9 Å². The Kier molecular flexibility index (Phi) is 30.9. The molecule has 464 valence electrons. The lowest BCUT2D eigenvalue weighted by Gasteiger charge is -2.18. The maximum atomic E-state index is 14.5. The van der Waals surface area contributed by atoms with Gasteiger partial charge in [-0.2, -0.15) is 28.1 Å². The number of halogens is 7. The van der Waals surface area contributed by atoms with Gasteiger partial charge in [0, 0.05) is 23.6 Å². The lowest BCUT2D eigenvalue weighted by atomic mass is 9.93. The minimum atomic E-state index is -4.45. The smallest absolute Gasteiger partial charge is 0.389 e. The number of benzene rings is 3. The van der Waals surface area contributed by atoms with Crippen molar-refractivity contribution in [2.45, 2.75) is 82.7 Å². The highest BCUT2D eigenvalue weighted by Gasteiger charge is 2.41. The maximum Gasteiger partial charge on any atom is 0.389 e. The number of amides is 4. The van der Waals surface area contributed by atoms with Crippen molar-refractivity contribution in [2.24, 2.45) is 0 Å². The summed E-state index contributed by atoms with van der Waals surface area (Å²) in [5, 5.41) is 21.1. The molecular weight excluding hydrogens is 1250 g/mol. The lowest BCUT2D eigenvalue weighted by Crippen LogP contribution is -2.35. The minimum Gasteiger partial charge on any atom is -0.778 e. The molecule has 4 amide bonds. The van der Waals surface area contributed by atoms with Crippen LogP contribution in [0.25, 0.3) is 0 Å². The van der Waals surface area contributed by atoms with Crippen LogP contribution in [0, 0.1) is 12.7 Å². The molecular formula is C50H61Cl3F4N7O17PS2. The summed E-state index contributed by atoms with van der Waals surface area (Å²) in [6.07, 6.45) is 5.08. The van der Waals surface area contributed by atoms with Gasteiger partial charge in [0.05, 0.1) is 78.1 Å². The summed E-state index contributed by atoms with van der Waals surface area (Å²) in [6.45, 7) is 2.95. The number of nitrogens with zero attached hydrogens (tertiary/aromatic N) is 4. The Morgan fingerprint density at radius 1 is 0.893 bits per heavy atom. The third kappa shape index (κ3) is 25.9. The summed E-state index contributed by atoms with van der Waals surface area (Å²) in [5.74, 6) is -4.71. The third-order valence-corrected chi connectivity index (χ3v) is 13.3. The molecule has 0 spiro atoms. The fourth-order valence-corrected chi connectivity index (χ4v) is 9.11. The summed E-state index contributed by atoms with van der Waals surface area (Å²) in [6, 6.07) is 8.85. The number of rotatable bonds is 20. The predicted octanol–water partition coefficient (Wildman–Crippen LogP) is 7.89. The number of aromatic carboxylic acids is 1. The van der Waals surface area contributed by atoms with Gasteiger partial charge in [-0.3, -0.25) is 25.0 Å². The van der Waals surface area contributed by atoms with Crippen molar-refractivity contribution >= 4 is 111 Å². The Bertz CT molecular complexity index is 3130. The first-order valence-corrected chi connectivity index (χ1v) is 31.3. The minimum absolute atomic E-state index is 0.000883. The van der Waals surface area contributed by atoms with Crippen LogP contribution in [-0.4, -0.2) is 139 Å². The number of aliphatic carboxylic acids is 1. The molecule has 1 atom stereocenters. The Morgan fingerprint density at radius 2 is 1.49 bits per heavy atom. The first kappa shape index (κ1) is 73.7. The molecule has 6 rings (SSSR count). The monoisotopic (exact) mass is 1310 g/mol. The van der Waals surface area contributed by atoms with Crippen LogP contribution < -0.4 is 39.4 Å². The van der Waals surface area contributed by atoms with Crippen LogP contribution in [-0.2, 0) is 55.8 Å². The zero-order valence-electron chi connectivity index (χ0n) is 46.1. The molecule has 34 heteroatoms. The van der Waals surface area contributed by atoms with Gasteiger partial charge in [0.15, 0.2) is 12.4 Å². The predicted molar refractivity (Wildman–Crippen MR) is 302 cm³/mol. The van der Waals surface area contributed by atoms with Crippen LogP contribution >= 0.6 is 42.4 Å². The van der Waals surface area contributed by atoms with Crippen molar-refractivity contribution in [1.82, 2.24) is 25.0 Å². The number of urea groups is 1. The van der Waals surface area contributed by atoms with Crippen molar-refractivity contribution in [3.63, 3.8) is 0 Å². The molecule has 0 radical (unpaired) electrons. The molecule has 24 nitrogen and oxygen atoms in total. The van der Waals surface area contributed by atoms with E-state index in [1.165, 1.54) is 57.5 Å². The van der Waals surface area contributed by atoms with Gasteiger partial charge in [0.2, 0.25) is 5.95 Å². The number of hydrogen-bond donors (Lipinski definition) is 6. The molecule has 1 unspecified atom stereocenters. The van der Waals surface area contributed by atoms with Gasteiger partial charge in [-0.1, -0.05) is 72.8 Å². The molecule has 0 fully saturated rings. The van der Waals surface area contributed by atoms with Crippen LogP contribution in [0.2, 0.25) is 15.1 Å². The number of methoxy groups -OCH3 is 2. The van der Waals surface area contributed by atoms with E-state index in [1.54, 1.807) is 4.72 Å². The van der Waals surface area contributed by atoms with Gasteiger partial charge in [-0.25, -0.2) is 36.8 Å². The first-order chi connectivity index (χ1) is 39.2. The van der Waals surface area contributed by atoms with Crippen molar-refractivity contribution in [3.05, 3.63) is 97.5 Å². The average Bonchev–Trinajstić information content (AvgIpc) is 2.91. The van der Waals surface area contributed by atoms with Gasteiger partial charge in [0.1, 0.15) is 30.6 Å². The number of imide groups is 1. The van der Waals surface area contributed by atoms with Gasteiger partial charge in [0.25, 0.3) is 21.8 Å². The Balaban J connectivity index is 0.000000403. The zero-order valence-corrected chi connectivity index (χ0v) is 50.9. The summed E-state index contributed by atoms with van der Waals surface area (Å²) in [4.78, 5) is 99.4. The second kappa shape index (κ2) is 35.2. The average molecular weight is 1310 g/mol.